The van der Waals surface area contributed by atoms with Crippen molar-refractivity contribution in [1.29, 1.82) is 0 Å². The molecule has 1 aliphatic rings. The number of aromatic nitrogens is 2. The zero-order valence-electron chi connectivity index (χ0n) is 16.3. The van der Waals surface area contributed by atoms with Crippen LogP contribution >= 0.6 is 0 Å². The molecule has 0 bridgehead atoms. The molecule has 2 heterocycles. The summed E-state index contributed by atoms with van der Waals surface area (Å²) in [6, 6.07) is 7.07. The summed E-state index contributed by atoms with van der Waals surface area (Å²) in [5, 5.41) is 14.8. The van der Waals surface area contributed by atoms with Gasteiger partial charge in [-0.2, -0.15) is 0 Å². The molecule has 1 aliphatic heterocycles. The predicted molar refractivity (Wildman–Crippen MR) is 107 cm³/mol. The van der Waals surface area contributed by atoms with Gasteiger partial charge in [0.2, 0.25) is 11.6 Å². The van der Waals surface area contributed by atoms with Gasteiger partial charge < -0.3 is 19.7 Å². The first-order valence-electron chi connectivity index (χ1n) is 9.35. The fourth-order valence-corrected chi connectivity index (χ4v) is 3.29. The number of ether oxygens (including phenoxy) is 2. The largest absolute Gasteiger partial charge is 0.494 e. The van der Waals surface area contributed by atoms with Gasteiger partial charge in [0.1, 0.15) is 12.1 Å². The third kappa shape index (κ3) is 4.71. The Morgan fingerprint density at radius 3 is 2.55 bits per heavy atom. The molecule has 10 nitrogen and oxygen atoms in total. The fourth-order valence-electron chi connectivity index (χ4n) is 3.29. The van der Waals surface area contributed by atoms with Crippen molar-refractivity contribution in [2.45, 2.75) is 19.8 Å². The van der Waals surface area contributed by atoms with Crippen molar-refractivity contribution in [3.63, 3.8) is 0 Å². The van der Waals surface area contributed by atoms with Crippen LogP contribution in [-0.4, -0.2) is 47.7 Å². The van der Waals surface area contributed by atoms with E-state index >= 15 is 0 Å². The molecule has 29 heavy (non-hydrogen) atoms. The Morgan fingerprint density at radius 2 is 1.97 bits per heavy atom. The molecule has 3 rings (SSSR count). The van der Waals surface area contributed by atoms with Gasteiger partial charge in [-0.1, -0.05) is 0 Å². The zero-order valence-corrected chi connectivity index (χ0v) is 16.3. The summed E-state index contributed by atoms with van der Waals surface area (Å²) in [6.45, 7) is 3.40. The smallest absolute Gasteiger partial charge is 0.353 e. The van der Waals surface area contributed by atoms with E-state index in [0.717, 1.165) is 0 Å². The van der Waals surface area contributed by atoms with E-state index in [2.05, 4.69) is 15.3 Å². The molecule has 2 aromatic rings. The van der Waals surface area contributed by atoms with Gasteiger partial charge in [-0.3, -0.25) is 14.9 Å². The van der Waals surface area contributed by atoms with Crippen LogP contribution in [0.15, 0.2) is 30.6 Å². The predicted octanol–water partition coefficient (Wildman–Crippen LogP) is 2.92. The summed E-state index contributed by atoms with van der Waals surface area (Å²) < 4.78 is 10.2. The first kappa shape index (κ1) is 20.3. The van der Waals surface area contributed by atoms with E-state index in [0.29, 0.717) is 44.0 Å². The van der Waals surface area contributed by atoms with Crippen LogP contribution in [0.2, 0.25) is 0 Å². The quantitative estimate of drug-likeness (QED) is 0.424. The third-order valence-corrected chi connectivity index (χ3v) is 4.74. The van der Waals surface area contributed by atoms with Crippen LogP contribution in [-0.2, 0) is 9.53 Å². The second-order valence-corrected chi connectivity index (χ2v) is 6.52. The number of carbonyl (C=O) groups excluding carboxylic acids is 1. The first-order valence-corrected chi connectivity index (χ1v) is 9.35. The number of anilines is 3. The number of methoxy groups -OCH3 is 1. The summed E-state index contributed by atoms with van der Waals surface area (Å²) in [7, 11) is 1.36. The van der Waals surface area contributed by atoms with Gasteiger partial charge >= 0.3 is 11.7 Å². The highest BCUT2D eigenvalue weighted by Crippen LogP contribution is 2.35. The number of hydrogen-bond acceptors (Lipinski definition) is 9. The molecule has 1 aromatic carbocycles. The average Bonchev–Trinajstić information content (AvgIpc) is 2.74. The Morgan fingerprint density at radius 1 is 1.28 bits per heavy atom. The minimum Gasteiger partial charge on any atom is -0.494 e. The fraction of sp³-hybridized carbons (Fsp3) is 0.421. The van der Waals surface area contributed by atoms with E-state index in [9.17, 15) is 14.9 Å². The Labute approximate surface area is 168 Å². The topological polar surface area (TPSA) is 120 Å². The van der Waals surface area contributed by atoms with E-state index in [1.165, 1.54) is 13.4 Å². The monoisotopic (exact) mass is 401 g/mol. The Bertz CT molecular complexity index is 866. The van der Waals surface area contributed by atoms with Crippen LogP contribution in [0.25, 0.3) is 0 Å². The second-order valence-electron chi connectivity index (χ2n) is 6.52. The number of rotatable bonds is 7. The van der Waals surface area contributed by atoms with Gasteiger partial charge in [-0.15, -0.1) is 0 Å². The minimum atomic E-state index is -0.487. The van der Waals surface area contributed by atoms with Gasteiger partial charge in [0, 0.05) is 18.8 Å². The summed E-state index contributed by atoms with van der Waals surface area (Å²) in [5.41, 5.74) is 0.448. The zero-order chi connectivity index (χ0) is 20.8. The van der Waals surface area contributed by atoms with Crippen LogP contribution < -0.4 is 15.0 Å². The number of carbonyl (C=O) groups is 1. The number of nitrogens with zero attached hydrogens (tertiary/aromatic N) is 4. The van der Waals surface area contributed by atoms with Crippen molar-refractivity contribution in [1.82, 2.24) is 9.97 Å². The van der Waals surface area contributed by atoms with Crippen LogP contribution in [0.3, 0.4) is 0 Å². The van der Waals surface area contributed by atoms with Crippen LogP contribution in [0, 0.1) is 16.0 Å². The number of hydrogen-bond donors (Lipinski definition) is 1. The van der Waals surface area contributed by atoms with E-state index in [4.69, 9.17) is 9.47 Å². The molecule has 0 spiro atoms. The molecule has 0 radical (unpaired) electrons. The van der Waals surface area contributed by atoms with Crippen LogP contribution in [0.1, 0.15) is 19.8 Å². The summed E-state index contributed by atoms with van der Waals surface area (Å²) in [4.78, 5) is 33.1. The average molecular weight is 401 g/mol. The number of esters is 1. The van der Waals surface area contributed by atoms with Crippen molar-refractivity contribution < 1.29 is 19.2 Å². The third-order valence-electron chi connectivity index (χ3n) is 4.74. The Hall–Kier alpha value is -3.43. The maximum atomic E-state index is 11.8. The highest BCUT2D eigenvalue weighted by atomic mass is 16.6. The minimum absolute atomic E-state index is 0.110. The standard InChI is InChI=1S/C19H23N5O5/c1-3-29-15-6-4-14(5-7-15)22-17-16(24(26)27)18(21-12-20-17)23-10-8-13(9-11-23)19(25)28-2/h4-7,12-13H,3,8-11H2,1-2H3,(H,20,21,22). The van der Waals surface area contributed by atoms with Crippen molar-refractivity contribution >= 4 is 29.0 Å². The van der Waals surface area contributed by atoms with E-state index in [-0.39, 0.29) is 29.2 Å². The van der Waals surface area contributed by atoms with Crippen molar-refractivity contribution in [2.75, 3.05) is 37.0 Å². The van der Waals surface area contributed by atoms with E-state index in [1.807, 2.05) is 11.8 Å². The highest BCUT2D eigenvalue weighted by molar-refractivity contribution is 5.76. The molecule has 1 aromatic heterocycles. The van der Waals surface area contributed by atoms with Gasteiger partial charge in [0.25, 0.3) is 0 Å². The molecule has 0 aliphatic carbocycles. The maximum absolute atomic E-state index is 11.8. The summed E-state index contributed by atoms with van der Waals surface area (Å²) in [5.74, 6) is 0.615. The maximum Gasteiger partial charge on any atom is 0.353 e. The molecule has 1 N–H and O–H groups in total. The van der Waals surface area contributed by atoms with Gasteiger partial charge in [0.05, 0.1) is 24.6 Å². The molecule has 1 saturated heterocycles. The van der Waals surface area contributed by atoms with Crippen molar-refractivity contribution in [2.24, 2.45) is 5.92 Å². The molecular formula is C19H23N5O5. The van der Waals surface area contributed by atoms with E-state index < -0.39 is 4.92 Å². The Kier molecular flexibility index (Phi) is 6.43. The molecular weight excluding hydrogens is 378 g/mol. The normalized spacial score (nSPS) is 14.3. The summed E-state index contributed by atoms with van der Waals surface area (Å²) >= 11 is 0. The number of piperidine rings is 1. The second kappa shape index (κ2) is 9.18. The lowest BCUT2D eigenvalue weighted by Gasteiger charge is -2.31. The van der Waals surface area contributed by atoms with Gasteiger partial charge in [-0.25, -0.2) is 9.97 Å². The van der Waals surface area contributed by atoms with Gasteiger partial charge in [0.15, 0.2) is 0 Å². The lowest BCUT2D eigenvalue weighted by atomic mass is 9.97. The molecule has 0 amide bonds. The molecule has 0 atom stereocenters. The lowest BCUT2D eigenvalue weighted by molar-refractivity contribution is -0.383. The molecule has 0 saturated carbocycles. The molecule has 154 valence electrons. The first-order chi connectivity index (χ1) is 14.0. The molecule has 0 unspecified atom stereocenters. The molecule has 1 fully saturated rings. The SMILES string of the molecule is CCOc1ccc(Nc2ncnc(N3CCC(C(=O)OC)CC3)c2[N+](=O)[O-])cc1. The number of benzene rings is 1. The number of nitro groups is 1. The van der Waals surface area contributed by atoms with Crippen LogP contribution in [0.4, 0.5) is 23.0 Å². The van der Waals surface area contributed by atoms with Crippen LogP contribution in [0.5, 0.6) is 5.75 Å². The van der Waals surface area contributed by atoms with Gasteiger partial charge in [-0.05, 0) is 44.0 Å². The number of nitrogens with one attached hydrogen (secondary N) is 1. The highest BCUT2D eigenvalue weighted by Gasteiger charge is 2.32. The summed E-state index contributed by atoms with van der Waals surface area (Å²) in [6.07, 6.45) is 2.40. The lowest BCUT2D eigenvalue weighted by Crippen LogP contribution is -2.37. The Balaban J connectivity index is 1.81. The molecule has 10 heteroatoms. The van der Waals surface area contributed by atoms with Crippen molar-refractivity contribution in [3.05, 3.63) is 40.7 Å². The van der Waals surface area contributed by atoms with E-state index in [1.54, 1.807) is 24.3 Å². The van der Waals surface area contributed by atoms with Crippen molar-refractivity contribution in [3.8, 4) is 5.75 Å².